The summed E-state index contributed by atoms with van der Waals surface area (Å²) in [6, 6.07) is 0. The lowest BCUT2D eigenvalue weighted by Crippen LogP contribution is -2.32. The van der Waals surface area contributed by atoms with Gasteiger partial charge in [0.25, 0.3) is 0 Å². The van der Waals surface area contributed by atoms with E-state index in [1.165, 1.54) is 17.7 Å². The summed E-state index contributed by atoms with van der Waals surface area (Å²) in [5, 5.41) is 4.28. The second-order valence-electron chi connectivity index (χ2n) is 6.58. The molecule has 6 heteroatoms. The number of fused-ring (bicyclic) bond motifs is 1. The fourth-order valence-electron chi connectivity index (χ4n) is 3.64. The molecule has 2 aliphatic heterocycles. The zero-order valence-electron chi connectivity index (χ0n) is 13.6. The Bertz CT molecular complexity index is 677. The minimum Gasteiger partial charge on any atom is -0.381 e. The van der Waals surface area contributed by atoms with Gasteiger partial charge in [-0.15, -0.1) is 0 Å². The molecule has 0 N–H and O–H groups in total. The van der Waals surface area contributed by atoms with Gasteiger partial charge >= 0.3 is 0 Å². The lowest BCUT2D eigenvalue weighted by atomic mass is 10.0. The molecule has 0 amide bonds. The van der Waals surface area contributed by atoms with Gasteiger partial charge in [0.2, 0.25) is 0 Å². The molecule has 4 heterocycles. The molecule has 23 heavy (non-hydrogen) atoms. The Morgan fingerprint density at radius 2 is 2.17 bits per heavy atom. The van der Waals surface area contributed by atoms with Crippen LogP contribution in [0.1, 0.15) is 17.7 Å². The monoisotopic (exact) mass is 313 g/mol. The molecule has 2 aliphatic rings. The third kappa shape index (κ3) is 3.14. The average Bonchev–Trinajstić information content (AvgIpc) is 3.17. The van der Waals surface area contributed by atoms with Gasteiger partial charge in [-0.1, -0.05) is 0 Å². The predicted octanol–water partition coefficient (Wildman–Crippen LogP) is 1.31. The minimum atomic E-state index is 0.695. The van der Waals surface area contributed by atoms with Crippen LogP contribution in [0.5, 0.6) is 0 Å². The molecule has 0 spiro atoms. The Balaban J connectivity index is 1.54. The van der Waals surface area contributed by atoms with Gasteiger partial charge in [0.05, 0.1) is 18.5 Å². The smallest absolute Gasteiger partial charge is 0.116 e. The van der Waals surface area contributed by atoms with Crippen molar-refractivity contribution in [2.75, 3.05) is 32.8 Å². The van der Waals surface area contributed by atoms with E-state index in [0.29, 0.717) is 5.92 Å². The fourth-order valence-corrected chi connectivity index (χ4v) is 3.64. The zero-order chi connectivity index (χ0) is 15.6. The van der Waals surface area contributed by atoms with Crippen LogP contribution in [0.3, 0.4) is 0 Å². The Morgan fingerprint density at radius 1 is 1.26 bits per heavy atom. The summed E-state index contributed by atoms with van der Waals surface area (Å²) in [4.78, 5) is 11.7. The van der Waals surface area contributed by atoms with Crippen molar-refractivity contribution in [3.05, 3.63) is 30.0 Å². The lowest BCUT2D eigenvalue weighted by Gasteiger charge is -2.22. The Hall–Kier alpha value is -1.79. The molecule has 1 atom stereocenters. The van der Waals surface area contributed by atoms with Gasteiger partial charge in [0.15, 0.2) is 0 Å². The van der Waals surface area contributed by atoms with Crippen molar-refractivity contribution in [1.82, 2.24) is 24.6 Å². The molecule has 4 rings (SSSR count). The van der Waals surface area contributed by atoms with Crippen LogP contribution in [0.4, 0.5) is 0 Å². The normalized spacial score (nSPS) is 22.0. The van der Waals surface area contributed by atoms with E-state index in [1.54, 1.807) is 6.33 Å². The van der Waals surface area contributed by atoms with Crippen molar-refractivity contribution in [3.63, 3.8) is 0 Å². The molecular weight excluding hydrogens is 290 g/mol. The van der Waals surface area contributed by atoms with Crippen LogP contribution < -0.4 is 0 Å². The third-order valence-electron chi connectivity index (χ3n) is 4.90. The number of ether oxygens (including phenoxy) is 1. The van der Waals surface area contributed by atoms with Crippen LogP contribution in [-0.4, -0.2) is 57.5 Å². The molecule has 0 aliphatic carbocycles. The van der Waals surface area contributed by atoms with Crippen LogP contribution in [0.15, 0.2) is 18.7 Å². The number of aromatic nitrogens is 4. The number of hydrogen-bond donors (Lipinski definition) is 0. The highest BCUT2D eigenvalue weighted by Crippen LogP contribution is 2.26. The first-order chi connectivity index (χ1) is 11.3. The van der Waals surface area contributed by atoms with Crippen molar-refractivity contribution < 1.29 is 4.74 Å². The average molecular weight is 313 g/mol. The van der Waals surface area contributed by atoms with E-state index in [9.17, 15) is 0 Å². The quantitative estimate of drug-likeness (QED) is 0.855. The topological polar surface area (TPSA) is 56.1 Å². The Labute approximate surface area is 136 Å². The predicted molar refractivity (Wildman–Crippen MR) is 87.0 cm³/mol. The molecule has 2 aromatic rings. The highest BCUT2D eigenvalue weighted by Gasteiger charge is 2.23. The van der Waals surface area contributed by atoms with Crippen molar-refractivity contribution in [3.8, 4) is 11.3 Å². The molecule has 122 valence electrons. The first kappa shape index (κ1) is 14.8. The summed E-state index contributed by atoms with van der Waals surface area (Å²) in [5.74, 6) is 0.695. The molecule has 6 nitrogen and oxygen atoms in total. The van der Waals surface area contributed by atoms with Gasteiger partial charge in [-0.25, -0.2) is 9.97 Å². The summed E-state index contributed by atoms with van der Waals surface area (Å²) in [6.45, 7) is 5.14. The number of nitrogens with zero attached hydrogens (tertiary/aromatic N) is 5. The second kappa shape index (κ2) is 6.37. The number of rotatable bonds is 3. The molecule has 0 saturated carbocycles. The molecule has 0 radical (unpaired) electrons. The zero-order valence-corrected chi connectivity index (χ0v) is 13.6. The van der Waals surface area contributed by atoms with E-state index in [-0.39, 0.29) is 0 Å². The lowest BCUT2D eigenvalue weighted by molar-refractivity contribution is 0.168. The van der Waals surface area contributed by atoms with Crippen molar-refractivity contribution in [2.45, 2.75) is 19.3 Å². The first-order valence-corrected chi connectivity index (χ1v) is 8.41. The highest BCUT2D eigenvalue weighted by molar-refractivity contribution is 5.62. The molecule has 1 saturated heterocycles. The maximum Gasteiger partial charge on any atom is 0.116 e. The van der Waals surface area contributed by atoms with Gasteiger partial charge < -0.3 is 9.64 Å². The summed E-state index contributed by atoms with van der Waals surface area (Å²) in [6.07, 6.45) is 8.82. The van der Waals surface area contributed by atoms with Crippen LogP contribution in [0.2, 0.25) is 0 Å². The van der Waals surface area contributed by atoms with Crippen LogP contribution in [-0.2, 0) is 24.6 Å². The van der Waals surface area contributed by atoms with Crippen molar-refractivity contribution in [2.24, 2.45) is 13.0 Å². The first-order valence-electron chi connectivity index (χ1n) is 8.41. The highest BCUT2D eigenvalue weighted by atomic mass is 16.5. The van der Waals surface area contributed by atoms with E-state index in [2.05, 4.69) is 20.0 Å². The largest absolute Gasteiger partial charge is 0.381 e. The van der Waals surface area contributed by atoms with E-state index in [4.69, 9.17) is 4.74 Å². The number of hydrogen-bond acceptors (Lipinski definition) is 5. The molecule has 0 aromatic carbocycles. The molecular formula is C17H23N5O. The van der Waals surface area contributed by atoms with E-state index in [0.717, 1.165) is 56.9 Å². The van der Waals surface area contributed by atoms with Crippen LogP contribution in [0, 0.1) is 5.92 Å². The second-order valence-corrected chi connectivity index (χ2v) is 6.58. The van der Waals surface area contributed by atoms with Crippen molar-refractivity contribution >= 4 is 0 Å². The maximum absolute atomic E-state index is 5.51. The standard InChI is InChI=1S/C17H23N5O/c1-21-10-14(8-20-21)17-15-2-5-22(9-13-4-7-23-11-13)6-3-16(15)18-12-19-17/h8,10,12-13H,2-7,9,11H2,1H3/t13-/m1/s1. The summed E-state index contributed by atoms with van der Waals surface area (Å²) >= 11 is 0. The van der Waals surface area contributed by atoms with Gasteiger partial charge in [-0.2, -0.15) is 5.10 Å². The molecule has 0 unspecified atom stereocenters. The summed E-state index contributed by atoms with van der Waals surface area (Å²) in [7, 11) is 1.94. The van der Waals surface area contributed by atoms with Gasteiger partial charge in [0, 0.05) is 62.7 Å². The van der Waals surface area contributed by atoms with E-state index in [1.807, 2.05) is 24.1 Å². The summed E-state index contributed by atoms with van der Waals surface area (Å²) in [5.41, 5.74) is 4.63. The van der Waals surface area contributed by atoms with Crippen LogP contribution >= 0.6 is 0 Å². The van der Waals surface area contributed by atoms with E-state index >= 15 is 0 Å². The molecule has 0 bridgehead atoms. The van der Waals surface area contributed by atoms with E-state index < -0.39 is 0 Å². The minimum absolute atomic E-state index is 0.695. The summed E-state index contributed by atoms with van der Waals surface area (Å²) < 4.78 is 7.34. The fraction of sp³-hybridized carbons (Fsp3) is 0.588. The Kier molecular flexibility index (Phi) is 4.10. The van der Waals surface area contributed by atoms with Gasteiger partial charge in [-0.3, -0.25) is 4.68 Å². The SMILES string of the molecule is Cn1cc(-c2ncnc3c2CCN(C[C@H]2CCOC2)CC3)cn1. The van der Waals surface area contributed by atoms with Gasteiger partial charge in [-0.05, 0) is 18.8 Å². The van der Waals surface area contributed by atoms with Crippen LogP contribution in [0.25, 0.3) is 11.3 Å². The maximum atomic E-state index is 5.51. The molecule has 1 fully saturated rings. The Morgan fingerprint density at radius 3 is 2.96 bits per heavy atom. The van der Waals surface area contributed by atoms with Gasteiger partial charge in [0.1, 0.15) is 6.33 Å². The van der Waals surface area contributed by atoms with Crippen molar-refractivity contribution in [1.29, 1.82) is 0 Å². The number of aryl methyl sites for hydroxylation is 1. The third-order valence-corrected chi connectivity index (χ3v) is 4.90. The molecule has 2 aromatic heterocycles.